The SMILES string of the molecule is Cc1ccc(Br)cc1C(=O)NC1(C(N)=S)CCC(C)CC1. The summed E-state index contributed by atoms with van der Waals surface area (Å²) in [6.07, 6.45) is 3.72. The van der Waals surface area contributed by atoms with Crippen molar-refractivity contribution >= 4 is 39.0 Å². The quantitative estimate of drug-likeness (QED) is 0.799. The van der Waals surface area contributed by atoms with Crippen LogP contribution in [0.15, 0.2) is 22.7 Å². The number of carbonyl (C=O) groups excluding carboxylic acids is 1. The highest BCUT2D eigenvalue weighted by atomic mass is 79.9. The predicted molar refractivity (Wildman–Crippen MR) is 93.5 cm³/mol. The fourth-order valence-electron chi connectivity index (χ4n) is 2.81. The van der Waals surface area contributed by atoms with Gasteiger partial charge in [-0.25, -0.2) is 0 Å². The zero-order chi connectivity index (χ0) is 15.6. The molecule has 0 radical (unpaired) electrons. The van der Waals surface area contributed by atoms with Gasteiger partial charge in [0, 0.05) is 10.0 Å². The molecule has 0 aliphatic heterocycles. The van der Waals surface area contributed by atoms with Gasteiger partial charge >= 0.3 is 0 Å². The van der Waals surface area contributed by atoms with Crippen LogP contribution in [0.5, 0.6) is 0 Å². The number of nitrogens with one attached hydrogen (secondary N) is 1. The lowest BCUT2D eigenvalue weighted by molar-refractivity contribution is 0.0900. The van der Waals surface area contributed by atoms with Gasteiger partial charge in [0.15, 0.2) is 0 Å². The van der Waals surface area contributed by atoms with Crippen molar-refractivity contribution < 1.29 is 4.79 Å². The normalized spacial score (nSPS) is 25.4. The zero-order valence-corrected chi connectivity index (χ0v) is 14.8. The first-order valence-electron chi connectivity index (χ1n) is 7.22. The standard InChI is InChI=1S/C16H21BrN2OS/c1-10-5-7-16(8-6-10,15(18)21)19-14(20)13-9-12(17)4-3-11(13)2/h3-4,9-10H,5-8H2,1-2H3,(H2,18,21)(H,19,20). The third kappa shape index (κ3) is 3.64. The Morgan fingerprint density at radius 1 is 1.43 bits per heavy atom. The number of nitrogens with two attached hydrogens (primary N) is 1. The number of hydrogen-bond acceptors (Lipinski definition) is 2. The molecule has 114 valence electrons. The molecule has 21 heavy (non-hydrogen) atoms. The van der Waals surface area contributed by atoms with Crippen LogP contribution in [0.3, 0.4) is 0 Å². The fraction of sp³-hybridized carbons (Fsp3) is 0.500. The lowest BCUT2D eigenvalue weighted by Crippen LogP contribution is -2.58. The minimum atomic E-state index is -0.534. The second kappa shape index (κ2) is 6.44. The van der Waals surface area contributed by atoms with E-state index in [2.05, 4.69) is 28.2 Å². The Kier molecular flexibility index (Phi) is 5.04. The molecular weight excluding hydrogens is 348 g/mol. The van der Waals surface area contributed by atoms with Crippen molar-refractivity contribution in [3.8, 4) is 0 Å². The second-order valence-corrected chi connectivity index (χ2v) is 7.40. The van der Waals surface area contributed by atoms with Gasteiger partial charge in [-0.2, -0.15) is 0 Å². The smallest absolute Gasteiger partial charge is 0.252 e. The van der Waals surface area contributed by atoms with Gasteiger partial charge in [-0.15, -0.1) is 0 Å². The van der Waals surface area contributed by atoms with Crippen LogP contribution in [-0.4, -0.2) is 16.4 Å². The van der Waals surface area contributed by atoms with Crippen molar-refractivity contribution in [2.75, 3.05) is 0 Å². The maximum absolute atomic E-state index is 12.6. The zero-order valence-electron chi connectivity index (χ0n) is 12.4. The van der Waals surface area contributed by atoms with Gasteiger partial charge in [0.25, 0.3) is 5.91 Å². The van der Waals surface area contributed by atoms with E-state index in [9.17, 15) is 4.79 Å². The number of thiocarbonyl (C=S) groups is 1. The Balaban J connectivity index is 2.23. The summed E-state index contributed by atoms with van der Waals surface area (Å²) in [6, 6.07) is 5.69. The van der Waals surface area contributed by atoms with E-state index in [4.69, 9.17) is 18.0 Å². The molecule has 3 nitrogen and oxygen atoms in total. The first-order valence-corrected chi connectivity index (χ1v) is 8.43. The highest BCUT2D eigenvalue weighted by Crippen LogP contribution is 2.32. The van der Waals surface area contributed by atoms with E-state index in [1.807, 2.05) is 25.1 Å². The molecule has 0 unspecified atom stereocenters. The third-order valence-corrected chi connectivity index (χ3v) is 5.28. The molecule has 1 aliphatic rings. The van der Waals surface area contributed by atoms with E-state index in [1.54, 1.807) is 0 Å². The molecule has 1 amide bonds. The first-order chi connectivity index (χ1) is 9.84. The van der Waals surface area contributed by atoms with Gasteiger partial charge in [-0.3, -0.25) is 4.79 Å². The molecule has 0 heterocycles. The van der Waals surface area contributed by atoms with Gasteiger partial charge < -0.3 is 11.1 Å². The number of hydrogen-bond donors (Lipinski definition) is 2. The molecule has 1 fully saturated rings. The average Bonchev–Trinajstić information content (AvgIpc) is 2.44. The second-order valence-electron chi connectivity index (χ2n) is 6.04. The Labute approximate surface area is 139 Å². The summed E-state index contributed by atoms with van der Waals surface area (Å²) in [5.74, 6) is 0.563. The van der Waals surface area contributed by atoms with Crippen molar-refractivity contribution in [2.45, 2.75) is 45.1 Å². The molecular formula is C16H21BrN2OS. The molecule has 0 bridgehead atoms. The molecule has 5 heteroatoms. The Morgan fingerprint density at radius 3 is 2.62 bits per heavy atom. The molecule has 1 aromatic carbocycles. The van der Waals surface area contributed by atoms with Crippen LogP contribution >= 0.6 is 28.1 Å². The Morgan fingerprint density at radius 2 is 2.05 bits per heavy atom. The number of aryl methyl sites for hydroxylation is 1. The number of halogens is 1. The maximum Gasteiger partial charge on any atom is 0.252 e. The van der Waals surface area contributed by atoms with Gasteiger partial charge in [0.1, 0.15) is 0 Å². The third-order valence-electron chi connectivity index (χ3n) is 4.40. The van der Waals surface area contributed by atoms with Gasteiger partial charge in [-0.05, 0) is 56.2 Å². The molecule has 1 aromatic rings. The van der Waals surface area contributed by atoms with E-state index in [-0.39, 0.29) is 5.91 Å². The maximum atomic E-state index is 12.6. The highest BCUT2D eigenvalue weighted by Gasteiger charge is 2.38. The van der Waals surface area contributed by atoms with Crippen LogP contribution < -0.4 is 11.1 Å². The number of benzene rings is 1. The summed E-state index contributed by atoms with van der Waals surface area (Å²) in [5.41, 5.74) is 7.02. The van der Waals surface area contributed by atoms with E-state index in [0.717, 1.165) is 35.7 Å². The molecule has 1 aliphatic carbocycles. The Bertz CT molecular complexity index is 565. The van der Waals surface area contributed by atoms with Crippen LogP contribution in [0.25, 0.3) is 0 Å². The molecule has 1 saturated carbocycles. The topological polar surface area (TPSA) is 55.1 Å². The molecule has 3 N–H and O–H groups in total. The van der Waals surface area contributed by atoms with E-state index < -0.39 is 5.54 Å². The van der Waals surface area contributed by atoms with Crippen LogP contribution in [0, 0.1) is 12.8 Å². The van der Waals surface area contributed by atoms with Crippen molar-refractivity contribution in [1.29, 1.82) is 0 Å². The van der Waals surface area contributed by atoms with E-state index in [0.29, 0.717) is 16.5 Å². The summed E-state index contributed by atoms with van der Waals surface area (Å²) in [6.45, 7) is 4.15. The van der Waals surface area contributed by atoms with E-state index >= 15 is 0 Å². The van der Waals surface area contributed by atoms with Crippen molar-refractivity contribution in [2.24, 2.45) is 11.7 Å². The van der Waals surface area contributed by atoms with Crippen molar-refractivity contribution in [1.82, 2.24) is 5.32 Å². The monoisotopic (exact) mass is 368 g/mol. The Hall–Kier alpha value is -0.940. The molecule has 0 saturated heterocycles. The van der Waals surface area contributed by atoms with Crippen LogP contribution in [-0.2, 0) is 0 Å². The van der Waals surface area contributed by atoms with Crippen LogP contribution in [0.4, 0.5) is 0 Å². The number of rotatable bonds is 3. The lowest BCUT2D eigenvalue weighted by Gasteiger charge is -2.39. The molecule has 0 atom stereocenters. The number of amides is 1. The van der Waals surface area contributed by atoms with Gasteiger partial charge in [-0.1, -0.05) is 41.1 Å². The highest BCUT2D eigenvalue weighted by molar-refractivity contribution is 9.10. The van der Waals surface area contributed by atoms with Gasteiger partial charge in [0.2, 0.25) is 0 Å². The number of carbonyl (C=O) groups is 1. The fourth-order valence-corrected chi connectivity index (χ4v) is 3.43. The predicted octanol–water partition coefficient (Wildman–Crippen LogP) is 3.72. The summed E-state index contributed by atoms with van der Waals surface area (Å²) >= 11 is 8.66. The molecule has 0 spiro atoms. The van der Waals surface area contributed by atoms with Crippen molar-refractivity contribution in [3.05, 3.63) is 33.8 Å². The summed E-state index contributed by atoms with van der Waals surface area (Å²) in [7, 11) is 0. The largest absolute Gasteiger partial charge is 0.391 e. The van der Waals surface area contributed by atoms with Crippen LogP contribution in [0.2, 0.25) is 0 Å². The van der Waals surface area contributed by atoms with Crippen LogP contribution in [0.1, 0.15) is 48.5 Å². The summed E-state index contributed by atoms with van der Waals surface area (Å²) in [4.78, 5) is 13.0. The van der Waals surface area contributed by atoms with Crippen molar-refractivity contribution in [3.63, 3.8) is 0 Å². The molecule has 0 aromatic heterocycles. The first kappa shape index (κ1) is 16.4. The minimum Gasteiger partial charge on any atom is -0.391 e. The summed E-state index contributed by atoms with van der Waals surface area (Å²) in [5, 5.41) is 3.11. The minimum absolute atomic E-state index is 0.101. The average molecular weight is 369 g/mol. The van der Waals surface area contributed by atoms with E-state index in [1.165, 1.54) is 0 Å². The summed E-state index contributed by atoms with van der Waals surface area (Å²) < 4.78 is 0.889. The van der Waals surface area contributed by atoms with Gasteiger partial charge in [0.05, 0.1) is 10.5 Å². The molecule has 2 rings (SSSR count). The lowest BCUT2D eigenvalue weighted by atomic mass is 9.77.